The Labute approximate surface area is 124 Å². The number of hydrogen-bond acceptors (Lipinski definition) is 3. The minimum absolute atomic E-state index is 0.0839. The first-order valence-electron chi connectivity index (χ1n) is 7.19. The van der Waals surface area contributed by atoms with Crippen molar-refractivity contribution in [3.8, 4) is 0 Å². The first-order valence-corrected chi connectivity index (χ1v) is 8.80. The van der Waals surface area contributed by atoms with E-state index in [4.69, 9.17) is 0 Å². The molecule has 1 aliphatic carbocycles. The number of fused-ring (bicyclic) bond motifs is 1. The third kappa shape index (κ3) is 3.29. The highest BCUT2D eigenvalue weighted by Crippen LogP contribution is 2.29. The molecule has 1 aliphatic heterocycles. The summed E-state index contributed by atoms with van der Waals surface area (Å²) in [5.74, 6) is -0.0839. The summed E-state index contributed by atoms with van der Waals surface area (Å²) < 4.78 is 26.2. The number of rotatable bonds is 5. The van der Waals surface area contributed by atoms with E-state index in [1.165, 1.54) is 4.31 Å². The van der Waals surface area contributed by atoms with Gasteiger partial charge in [0.15, 0.2) is 0 Å². The second-order valence-electron chi connectivity index (χ2n) is 5.44. The molecule has 1 fully saturated rings. The first kappa shape index (κ1) is 14.2. The number of nitrogens with one attached hydrogen (secondary N) is 2. The van der Waals surface area contributed by atoms with Crippen LogP contribution < -0.4 is 14.9 Å². The average molecular weight is 309 g/mol. The highest BCUT2D eigenvalue weighted by Gasteiger charge is 2.29. The maximum absolute atomic E-state index is 12.4. The number of hydrogen-bond donors (Lipinski definition) is 2. The second kappa shape index (κ2) is 5.55. The summed E-state index contributed by atoms with van der Waals surface area (Å²) in [5.41, 5.74) is 1.82. The van der Waals surface area contributed by atoms with Crippen LogP contribution in [0.25, 0.3) is 0 Å². The summed E-state index contributed by atoms with van der Waals surface area (Å²) >= 11 is 0. The SMILES string of the molecule is O=C(NCCS(=O)(=O)N1CCc2ccccc21)NC1CC1. The number of urea groups is 1. The van der Waals surface area contributed by atoms with Crippen molar-refractivity contribution in [3.63, 3.8) is 0 Å². The molecular formula is C14H19N3O3S. The van der Waals surface area contributed by atoms with Gasteiger partial charge < -0.3 is 10.6 Å². The molecule has 3 rings (SSSR count). The summed E-state index contributed by atoms with van der Waals surface area (Å²) in [6, 6.07) is 7.52. The zero-order chi connectivity index (χ0) is 14.9. The van der Waals surface area contributed by atoms with Gasteiger partial charge in [0.2, 0.25) is 10.0 Å². The van der Waals surface area contributed by atoms with Crippen LogP contribution in [0.4, 0.5) is 10.5 Å². The van der Waals surface area contributed by atoms with Gasteiger partial charge in [-0.15, -0.1) is 0 Å². The van der Waals surface area contributed by atoms with Crippen LogP contribution >= 0.6 is 0 Å². The summed E-state index contributed by atoms with van der Waals surface area (Å²) in [7, 11) is -3.39. The number of anilines is 1. The van der Waals surface area contributed by atoms with Gasteiger partial charge in [-0.2, -0.15) is 0 Å². The maximum Gasteiger partial charge on any atom is 0.315 e. The molecule has 6 nitrogen and oxygen atoms in total. The molecule has 1 heterocycles. The van der Waals surface area contributed by atoms with Gasteiger partial charge in [-0.1, -0.05) is 18.2 Å². The Morgan fingerprint density at radius 1 is 1.29 bits per heavy atom. The molecule has 2 amide bonds. The minimum atomic E-state index is -3.39. The van der Waals surface area contributed by atoms with Crippen molar-refractivity contribution < 1.29 is 13.2 Å². The van der Waals surface area contributed by atoms with Crippen molar-refractivity contribution in [2.45, 2.75) is 25.3 Å². The summed E-state index contributed by atoms with van der Waals surface area (Å²) in [5, 5.41) is 5.37. The maximum atomic E-state index is 12.4. The first-order chi connectivity index (χ1) is 10.1. The number of amides is 2. The Hall–Kier alpha value is -1.76. The average Bonchev–Trinajstić information content (AvgIpc) is 3.14. The Bertz CT molecular complexity index is 641. The molecule has 1 aromatic carbocycles. The van der Waals surface area contributed by atoms with Gasteiger partial charge in [-0.3, -0.25) is 4.31 Å². The van der Waals surface area contributed by atoms with E-state index in [1.807, 2.05) is 24.3 Å². The predicted molar refractivity (Wildman–Crippen MR) is 80.8 cm³/mol. The van der Waals surface area contributed by atoms with Crippen molar-refractivity contribution in [1.82, 2.24) is 10.6 Å². The summed E-state index contributed by atoms with van der Waals surface area (Å²) in [6.45, 7) is 0.607. The van der Waals surface area contributed by atoms with E-state index < -0.39 is 10.0 Å². The molecule has 0 unspecified atom stereocenters. The largest absolute Gasteiger partial charge is 0.337 e. The third-order valence-corrected chi connectivity index (χ3v) is 5.51. The quantitative estimate of drug-likeness (QED) is 0.846. The van der Waals surface area contributed by atoms with Gasteiger partial charge in [-0.25, -0.2) is 13.2 Å². The predicted octanol–water partition coefficient (Wildman–Crippen LogP) is 0.840. The van der Waals surface area contributed by atoms with E-state index in [9.17, 15) is 13.2 Å². The molecule has 2 N–H and O–H groups in total. The molecule has 0 atom stereocenters. The smallest absolute Gasteiger partial charge is 0.315 e. The van der Waals surface area contributed by atoms with Crippen LogP contribution in [-0.2, 0) is 16.4 Å². The van der Waals surface area contributed by atoms with Crippen LogP contribution in [0.3, 0.4) is 0 Å². The van der Waals surface area contributed by atoms with Crippen LogP contribution in [0.2, 0.25) is 0 Å². The summed E-state index contributed by atoms with van der Waals surface area (Å²) in [4.78, 5) is 11.5. The molecule has 0 bridgehead atoms. The van der Waals surface area contributed by atoms with Gasteiger partial charge in [0, 0.05) is 19.1 Å². The van der Waals surface area contributed by atoms with Crippen molar-refractivity contribution in [2.24, 2.45) is 0 Å². The fourth-order valence-corrected chi connectivity index (χ4v) is 3.89. The van der Waals surface area contributed by atoms with Crippen LogP contribution in [0.5, 0.6) is 0 Å². The molecule has 114 valence electrons. The normalized spacial score (nSPS) is 17.4. The molecule has 2 aliphatic rings. The lowest BCUT2D eigenvalue weighted by Crippen LogP contribution is -2.41. The lowest BCUT2D eigenvalue weighted by molar-refractivity contribution is 0.241. The number of carbonyl (C=O) groups excluding carboxylic acids is 1. The Kier molecular flexibility index (Phi) is 3.75. The topological polar surface area (TPSA) is 78.5 Å². The Morgan fingerprint density at radius 2 is 2.05 bits per heavy atom. The number of carbonyl (C=O) groups is 1. The standard InChI is InChI=1S/C14H19N3O3S/c18-14(16-12-5-6-12)15-8-10-21(19,20)17-9-7-11-3-1-2-4-13(11)17/h1-4,12H,5-10H2,(H2,15,16,18). The molecular weight excluding hydrogens is 290 g/mol. The molecule has 1 saturated carbocycles. The monoisotopic (exact) mass is 309 g/mol. The molecule has 0 spiro atoms. The van der Waals surface area contributed by atoms with Crippen molar-refractivity contribution in [1.29, 1.82) is 0 Å². The van der Waals surface area contributed by atoms with Crippen LogP contribution in [0.15, 0.2) is 24.3 Å². The molecule has 0 saturated heterocycles. The lowest BCUT2D eigenvalue weighted by Gasteiger charge is -2.19. The lowest BCUT2D eigenvalue weighted by atomic mass is 10.2. The van der Waals surface area contributed by atoms with Gasteiger partial charge in [-0.05, 0) is 30.9 Å². The van der Waals surface area contributed by atoms with Crippen LogP contribution in [-0.4, -0.2) is 39.3 Å². The molecule has 21 heavy (non-hydrogen) atoms. The number of benzene rings is 1. The van der Waals surface area contributed by atoms with Gasteiger partial charge in [0.05, 0.1) is 11.4 Å². The van der Waals surface area contributed by atoms with Crippen LogP contribution in [0.1, 0.15) is 18.4 Å². The number of para-hydroxylation sites is 1. The van der Waals surface area contributed by atoms with Crippen molar-refractivity contribution >= 4 is 21.7 Å². The van der Waals surface area contributed by atoms with E-state index in [-0.39, 0.29) is 24.4 Å². The van der Waals surface area contributed by atoms with Gasteiger partial charge >= 0.3 is 6.03 Å². The molecule has 0 aromatic heterocycles. The Balaban J connectivity index is 1.56. The second-order valence-corrected chi connectivity index (χ2v) is 7.45. The summed E-state index contributed by atoms with van der Waals surface area (Å²) in [6.07, 6.45) is 2.76. The van der Waals surface area contributed by atoms with Crippen molar-refractivity contribution in [2.75, 3.05) is 23.1 Å². The molecule has 1 aromatic rings. The van der Waals surface area contributed by atoms with E-state index in [0.717, 1.165) is 30.5 Å². The van der Waals surface area contributed by atoms with Crippen molar-refractivity contribution in [3.05, 3.63) is 29.8 Å². The van der Waals surface area contributed by atoms with E-state index >= 15 is 0 Å². The Morgan fingerprint density at radius 3 is 2.81 bits per heavy atom. The van der Waals surface area contributed by atoms with Gasteiger partial charge in [0.1, 0.15) is 0 Å². The number of nitrogens with zero attached hydrogens (tertiary/aromatic N) is 1. The highest BCUT2D eigenvalue weighted by atomic mass is 32.2. The third-order valence-electron chi connectivity index (χ3n) is 3.74. The zero-order valence-electron chi connectivity index (χ0n) is 11.7. The van der Waals surface area contributed by atoms with E-state index in [2.05, 4.69) is 10.6 Å². The molecule has 0 radical (unpaired) electrons. The van der Waals surface area contributed by atoms with E-state index in [1.54, 1.807) is 0 Å². The minimum Gasteiger partial charge on any atom is -0.337 e. The highest BCUT2D eigenvalue weighted by molar-refractivity contribution is 7.92. The van der Waals surface area contributed by atoms with Gasteiger partial charge in [0.25, 0.3) is 0 Å². The van der Waals surface area contributed by atoms with Crippen LogP contribution in [0, 0.1) is 0 Å². The van der Waals surface area contributed by atoms with E-state index in [0.29, 0.717) is 6.54 Å². The zero-order valence-corrected chi connectivity index (χ0v) is 12.5. The number of sulfonamides is 1. The molecule has 7 heteroatoms. The fourth-order valence-electron chi connectivity index (χ4n) is 2.46. The fraction of sp³-hybridized carbons (Fsp3) is 0.500.